The predicted octanol–water partition coefficient (Wildman–Crippen LogP) is 4.45. The highest BCUT2D eigenvalue weighted by Crippen LogP contribution is 2.32. The van der Waals surface area contributed by atoms with E-state index in [-0.39, 0.29) is 24.1 Å². The average molecular weight is 423 g/mol. The number of nitrogens with zero attached hydrogens (tertiary/aromatic N) is 3. The first-order valence-electron chi connectivity index (χ1n) is 11.0. The third kappa shape index (κ3) is 4.36. The number of aromatic nitrogens is 3. The van der Waals surface area contributed by atoms with Crippen LogP contribution in [-0.4, -0.2) is 39.4 Å². The fourth-order valence-corrected chi connectivity index (χ4v) is 4.17. The predicted molar refractivity (Wildman–Crippen MR) is 120 cm³/mol. The zero-order chi connectivity index (χ0) is 22.0. The van der Waals surface area contributed by atoms with Gasteiger partial charge in [0.25, 0.3) is 5.91 Å². The minimum absolute atomic E-state index is 0.0640. The molecule has 1 N–H and O–H groups in total. The molecule has 1 aliphatic carbocycles. The van der Waals surface area contributed by atoms with E-state index in [1.165, 1.54) is 0 Å². The molecule has 0 unspecified atom stereocenters. The van der Waals surface area contributed by atoms with Gasteiger partial charge in [-0.3, -0.25) is 4.79 Å². The van der Waals surface area contributed by atoms with E-state index in [0.29, 0.717) is 12.2 Å². The summed E-state index contributed by atoms with van der Waals surface area (Å²) in [6.45, 7) is 8.54. The van der Waals surface area contributed by atoms with Crippen LogP contribution in [0.15, 0.2) is 36.5 Å². The molecule has 0 spiro atoms. The van der Waals surface area contributed by atoms with Gasteiger partial charge >= 0.3 is 0 Å². The van der Waals surface area contributed by atoms with Gasteiger partial charge in [-0.1, -0.05) is 12.1 Å². The zero-order valence-corrected chi connectivity index (χ0v) is 18.6. The second-order valence-electron chi connectivity index (χ2n) is 8.28. The zero-order valence-electron chi connectivity index (χ0n) is 18.6. The Labute approximate surface area is 182 Å². The highest BCUT2D eigenvalue weighted by atomic mass is 16.5. The van der Waals surface area contributed by atoms with E-state index in [2.05, 4.69) is 29.2 Å². The van der Waals surface area contributed by atoms with Crippen LogP contribution in [0, 0.1) is 6.92 Å². The van der Waals surface area contributed by atoms with E-state index in [0.717, 1.165) is 47.5 Å². The third-order valence-corrected chi connectivity index (χ3v) is 5.62. The van der Waals surface area contributed by atoms with Gasteiger partial charge in [-0.15, -0.1) is 0 Å². The minimum Gasteiger partial charge on any atom is -0.490 e. The van der Waals surface area contributed by atoms with Gasteiger partial charge in [-0.25, -0.2) is 9.67 Å². The highest BCUT2D eigenvalue weighted by molar-refractivity contribution is 6.05. The molecular formula is C24H30N4O3. The first-order valence-corrected chi connectivity index (χ1v) is 11.0. The Morgan fingerprint density at radius 3 is 2.77 bits per heavy atom. The third-order valence-electron chi connectivity index (χ3n) is 5.62. The summed E-state index contributed by atoms with van der Waals surface area (Å²) in [5.41, 5.74) is 2.14. The van der Waals surface area contributed by atoms with Crippen molar-refractivity contribution >= 4 is 16.9 Å². The molecule has 0 radical (unpaired) electrons. The number of rotatable bonds is 7. The van der Waals surface area contributed by atoms with Gasteiger partial charge in [-0.2, -0.15) is 5.10 Å². The smallest absolute Gasteiger partial charge is 0.252 e. The lowest BCUT2D eigenvalue weighted by molar-refractivity contribution is 0.0893. The first kappa shape index (κ1) is 21.2. The number of ether oxygens (including phenoxy) is 2. The number of amides is 1. The lowest BCUT2D eigenvalue weighted by Gasteiger charge is -2.23. The number of aryl methyl sites for hydroxylation is 1. The molecule has 1 fully saturated rings. The van der Waals surface area contributed by atoms with E-state index < -0.39 is 0 Å². The number of benzene rings is 1. The molecule has 2 atom stereocenters. The number of hydrogen-bond acceptors (Lipinski definition) is 5. The molecule has 31 heavy (non-hydrogen) atoms. The van der Waals surface area contributed by atoms with Crippen LogP contribution in [0.5, 0.6) is 11.5 Å². The van der Waals surface area contributed by atoms with Crippen molar-refractivity contribution in [1.29, 1.82) is 0 Å². The number of carbonyl (C=O) groups is 1. The van der Waals surface area contributed by atoms with Gasteiger partial charge in [0.15, 0.2) is 17.1 Å². The number of nitrogens with one attached hydrogen (secondary N) is 1. The standard InChI is InChI=1S/C24H30N4O3/c1-5-30-21-10-6-7-11-22(21)31-20-12-8-9-19(20)27-24(29)17-13-16(4)26-23-18(17)14-25-28(23)15(2)3/h6-7,10-11,13-15,19-20H,5,8-9,12H2,1-4H3,(H,27,29)/t19-,20+/m0/s1. The van der Waals surface area contributed by atoms with Crippen LogP contribution in [0.25, 0.3) is 11.0 Å². The highest BCUT2D eigenvalue weighted by Gasteiger charge is 2.32. The first-order chi connectivity index (χ1) is 15.0. The molecule has 7 nitrogen and oxygen atoms in total. The minimum atomic E-state index is -0.114. The van der Waals surface area contributed by atoms with Crippen molar-refractivity contribution in [3.8, 4) is 11.5 Å². The van der Waals surface area contributed by atoms with Crippen LogP contribution in [0.2, 0.25) is 0 Å². The molecular weight excluding hydrogens is 392 g/mol. The lowest BCUT2D eigenvalue weighted by Crippen LogP contribution is -2.42. The number of pyridine rings is 1. The summed E-state index contributed by atoms with van der Waals surface area (Å²) in [5, 5.41) is 8.42. The Morgan fingerprint density at radius 2 is 2.03 bits per heavy atom. The van der Waals surface area contributed by atoms with Crippen molar-refractivity contribution in [2.45, 2.75) is 65.1 Å². The van der Waals surface area contributed by atoms with Crippen LogP contribution in [0.4, 0.5) is 0 Å². The lowest BCUT2D eigenvalue weighted by atomic mass is 10.1. The fraction of sp³-hybridized carbons (Fsp3) is 0.458. The van der Waals surface area contributed by atoms with E-state index in [4.69, 9.17) is 9.47 Å². The maximum Gasteiger partial charge on any atom is 0.252 e. The van der Waals surface area contributed by atoms with E-state index in [9.17, 15) is 4.79 Å². The van der Waals surface area contributed by atoms with Gasteiger partial charge in [-0.05, 0) is 65.2 Å². The number of carbonyl (C=O) groups excluding carboxylic acids is 1. The number of fused-ring (bicyclic) bond motifs is 1. The van der Waals surface area contributed by atoms with Crippen molar-refractivity contribution in [3.63, 3.8) is 0 Å². The number of hydrogen-bond donors (Lipinski definition) is 1. The summed E-state index contributed by atoms with van der Waals surface area (Å²) in [6, 6.07) is 9.62. The van der Waals surface area contributed by atoms with Gasteiger partial charge in [0.05, 0.1) is 29.8 Å². The SMILES string of the molecule is CCOc1ccccc1O[C@@H]1CCC[C@@H]1NC(=O)c1cc(C)nc2c1cnn2C(C)C. The van der Waals surface area contributed by atoms with Crippen molar-refractivity contribution in [2.24, 2.45) is 0 Å². The Morgan fingerprint density at radius 1 is 1.26 bits per heavy atom. The molecule has 0 saturated heterocycles. The van der Waals surface area contributed by atoms with Crippen LogP contribution >= 0.6 is 0 Å². The monoisotopic (exact) mass is 422 g/mol. The van der Waals surface area contributed by atoms with E-state index >= 15 is 0 Å². The van der Waals surface area contributed by atoms with E-state index in [1.54, 1.807) is 6.20 Å². The molecule has 164 valence electrons. The molecule has 1 aliphatic rings. The second-order valence-corrected chi connectivity index (χ2v) is 8.28. The van der Waals surface area contributed by atoms with Crippen molar-refractivity contribution < 1.29 is 14.3 Å². The maximum absolute atomic E-state index is 13.3. The van der Waals surface area contributed by atoms with Gasteiger partial charge in [0.2, 0.25) is 0 Å². The molecule has 1 amide bonds. The molecule has 3 aromatic rings. The van der Waals surface area contributed by atoms with Gasteiger partial charge < -0.3 is 14.8 Å². The Bertz CT molecular complexity index is 1080. The molecule has 0 bridgehead atoms. The van der Waals surface area contributed by atoms with Crippen molar-refractivity contribution in [3.05, 3.63) is 47.8 Å². The van der Waals surface area contributed by atoms with Gasteiger partial charge in [0.1, 0.15) is 6.10 Å². The van der Waals surface area contributed by atoms with Crippen LogP contribution in [0.1, 0.15) is 62.1 Å². The van der Waals surface area contributed by atoms with Crippen LogP contribution in [0.3, 0.4) is 0 Å². The molecule has 1 saturated carbocycles. The normalized spacial score (nSPS) is 18.5. The summed E-state index contributed by atoms with van der Waals surface area (Å²) in [5.74, 6) is 1.34. The van der Waals surface area contributed by atoms with Crippen molar-refractivity contribution in [2.75, 3.05) is 6.61 Å². The summed E-state index contributed by atoms with van der Waals surface area (Å²) < 4.78 is 13.8. The summed E-state index contributed by atoms with van der Waals surface area (Å²) in [4.78, 5) is 17.9. The topological polar surface area (TPSA) is 78.3 Å². The maximum atomic E-state index is 13.3. The largest absolute Gasteiger partial charge is 0.490 e. The van der Waals surface area contributed by atoms with Crippen LogP contribution in [-0.2, 0) is 0 Å². The number of para-hydroxylation sites is 2. The second kappa shape index (κ2) is 8.96. The molecule has 4 rings (SSSR count). The Balaban J connectivity index is 1.55. The summed E-state index contributed by atoms with van der Waals surface area (Å²) >= 11 is 0. The molecule has 2 aromatic heterocycles. The van der Waals surface area contributed by atoms with Crippen LogP contribution < -0.4 is 14.8 Å². The molecule has 7 heteroatoms. The Kier molecular flexibility index (Phi) is 6.11. The van der Waals surface area contributed by atoms with Gasteiger partial charge in [0, 0.05) is 11.7 Å². The molecule has 2 heterocycles. The van der Waals surface area contributed by atoms with Crippen molar-refractivity contribution in [1.82, 2.24) is 20.1 Å². The summed E-state index contributed by atoms with van der Waals surface area (Å²) in [6.07, 6.45) is 4.41. The quantitative estimate of drug-likeness (QED) is 0.609. The fourth-order valence-electron chi connectivity index (χ4n) is 4.17. The summed E-state index contributed by atoms with van der Waals surface area (Å²) in [7, 11) is 0. The molecule has 1 aromatic carbocycles. The van der Waals surface area contributed by atoms with E-state index in [1.807, 2.05) is 48.9 Å². The Hall–Kier alpha value is -3.09. The molecule has 0 aliphatic heterocycles. The average Bonchev–Trinajstić information content (AvgIpc) is 3.36.